The number of sulfonamides is 1. The molecule has 2 rings (SSSR count). The van der Waals surface area contributed by atoms with E-state index in [1.165, 1.54) is 44.4 Å². The van der Waals surface area contributed by atoms with Crippen LogP contribution in [0.5, 0.6) is 0 Å². The highest BCUT2D eigenvalue weighted by Crippen LogP contribution is 2.29. The molecule has 0 unspecified atom stereocenters. The topological polar surface area (TPSA) is 74.7 Å². The van der Waals surface area contributed by atoms with Crippen molar-refractivity contribution in [1.29, 1.82) is 0 Å². The third-order valence-electron chi connectivity index (χ3n) is 3.14. The van der Waals surface area contributed by atoms with Gasteiger partial charge in [0.05, 0.1) is 10.5 Å². The van der Waals surface area contributed by atoms with E-state index in [0.29, 0.717) is 16.1 Å². The average Bonchev–Trinajstić information content (AvgIpc) is 2.46. The van der Waals surface area contributed by atoms with Crippen LogP contribution >= 0.6 is 11.6 Å². The molecule has 0 radical (unpaired) electrons. The van der Waals surface area contributed by atoms with Gasteiger partial charge in [-0.1, -0.05) is 23.7 Å². The number of hydrogen-bond acceptors (Lipinski definition) is 3. The van der Waals surface area contributed by atoms with Crippen LogP contribution in [0.15, 0.2) is 47.4 Å². The summed E-state index contributed by atoms with van der Waals surface area (Å²) in [6, 6.07) is 10.5. The lowest BCUT2D eigenvalue weighted by Gasteiger charge is -2.13. The van der Waals surface area contributed by atoms with Crippen molar-refractivity contribution in [2.24, 2.45) is 0 Å². The van der Waals surface area contributed by atoms with Gasteiger partial charge in [0, 0.05) is 19.1 Å². The van der Waals surface area contributed by atoms with Gasteiger partial charge in [0.2, 0.25) is 10.0 Å². The molecule has 0 aliphatic heterocycles. The number of hydrogen-bond donors (Lipinski definition) is 1. The molecule has 0 aliphatic rings. The van der Waals surface area contributed by atoms with E-state index in [1.54, 1.807) is 12.1 Å². The zero-order valence-electron chi connectivity index (χ0n) is 11.9. The van der Waals surface area contributed by atoms with Gasteiger partial charge in [-0.15, -0.1) is 0 Å². The number of nitrogens with zero attached hydrogens (tertiary/aromatic N) is 1. The molecular weight excluding hydrogens is 326 g/mol. The van der Waals surface area contributed by atoms with E-state index in [-0.39, 0.29) is 10.5 Å². The predicted molar refractivity (Wildman–Crippen MR) is 84.7 cm³/mol. The van der Waals surface area contributed by atoms with Crippen LogP contribution in [-0.4, -0.2) is 37.9 Å². The molecule has 0 spiro atoms. The Bertz CT molecular complexity index is 831. The van der Waals surface area contributed by atoms with Crippen LogP contribution in [0, 0.1) is 0 Å². The van der Waals surface area contributed by atoms with Gasteiger partial charge < -0.3 is 5.11 Å². The molecular formula is C15H14ClNO4S. The Balaban J connectivity index is 2.66. The van der Waals surface area contributed by atoms with Crippen molar-refractivity contribution in [2.45, 2.75) is 4.90 Å². The van der Waals surface area contributed by atoms with E-state index in [1.807, 2.05) is 0 Å². The molecule has 0 aliphatic carbocycles. The highest BCUT2D eigenvalue weighted by Gasteiger charge is 2.19. The molecule has 0 heterocycles. The van der Waals surface area contributed by atoms with Crippen LogP contribution in [-0.2, 0) is 10.0 Å². The molecule has 0 amide bonds. The SMILES string of the molecule is CN(C)S(=O)(=O)c1cccc(-c2cc(Cl)ccc2C(=O)O)c1. The Morgan fingerprint density at radius 3 is 2.41 bits per heavy atom. The van der Waals surface area contributed by atoms with Gasteiger partial charge in [-0.05, 0) is 41.5 Å². The number of carbonyl (C=O) groups is 1. The first-order chi connectivity index (χ1) is 10.2. The third-order valence-corrected chi connectivity index (χ3v) is 5.18. The summed E-state index contributed by atoms with van der Waals surface area (Å²) in [4.78, 5) is 11.4. The fourth-order valence-corrected chi connectivity index (χ4v) is 3.10. The average molecular weight is 340 g/mol. The van der Waals surface area contributed by atoms with E-state index in [9.17, 15) is 18.3 Å². The van der Waals surface area contributed by atoms with Crippen molar-refractivity contribution < 1.29 is 18.3 Å². The maximum atomic E-state index is 12.2. The minimum Gasteiger partial charge on any atom is -0.478 e. The minimum absolute atomic E-state index is 0.0591. The van der Waals surface area contributed by atoms with Crippen LogP contribution in [0.3, 0.4) is 0 Å². The molecule has 22 heavy (non-hydrogen) atoms. The Morgan fingerprint density at radius 2 is 1.82 bits per heavy atom. The van der Waals surface area contributed by atoms with Gasteiger partial charge in [-0.2, -0.15) is 0 Å². The van der Waals surface area contributed by atoms with Gasteiger partial charge >= 0.3 is 5.97 Å². The van der Waals surface area contributed by atoms with Crippen LogP contribution in [0.25, 0.3) is 11.1 Å². The summed E-state index contributed by atoms with van der Waals surface area (Å²) < 4.78 is 25.5. The lowest BCUT2D eigenvalue weighted by molar-refractivity contribution is 0.0697. The highest BCUT2D eigenvalue weighted by atomic mass is 35.5. The fourth-order valence-electron chi connectivity index (χ4n) is 1.98. The van der Waals surface area contributed by atoms with Crippen molar-refractivity contribution in [2.75, 3.05) is 14.1 Å². The van der Waals surface area contributed by atoms with Gasteiger partial charge in [0.15, 0.2) is 0 Å². The van der Waals surface area contributed by atoms with Crippen molar-refractivity contribution >= 4 is 27.6 Å². The summed E-state index contributed by atoms with van der Waals surface area (Å²) in [5.74, 6) is -1.10. The summed E-state index contributed by atoms with van der Waals surface area (Å²) in [6.07, 6.45) is 0. The summed E-state index contributed by atoms with van der Waals surface area (Å²) in [5.41, 5.74) is 0.905. The first kappa shape index (κ1) is 16.5. The Hall–Kier alpha value is -1.89. The second-order valence-electron chi connectivity index (χ2n) is 4.81. The normalized spacial score (nSPS) is 11.6. The number of halogens is 1. The maximum Gasteiger partial charge on any atom is 0.336 e. The molecule has 7 heteroatoms. The lowest BCUT2D eigenvalue weighted by Crippen LogP contribution is -2.22. The van der Waals surface area contributed by atoms with Crippen molar-refractivity contribution in [3.05, 3.63) is 53.1 Å². The van der Waals surface area contributed by atoms with E-state index >= 15 is 0 Å². The van der Waals surface area contributed by atoms with Gasteiger partial charge in [0.25, 0.3) is 0 Å². The zero-order valence-corrected chi connectivity index (χ0v) is 13.5. The highest BCUT2D eigenvalue weighted by molar-refractivity contribution is 7.89. The Morgan fingerprint density at radius 1 is 1.14 bits per heavy atom. The minimum atomic E-state index is -3.60. The molecule has 0 aromatic heterocycles. The lowest BCUT2D eigenvalue weighted by atomic mass is 10.00. The molecule has 0 fully saturated rings. The molecule has 0 saturated carbocycles. The van der Waals surface area contributed by atoms with Crippen LogP contribution in [0.4, 0.5) is 0 Å². The summed E-state index contributed by atoms with van der Waals surface area (Å²) in [5, 5.41) is 9.64. The molecule has 1 N–H and O–H groups in total. The molecule has 0 bridgehead atoms. The quantitative estimate of drug-likeness (QED) is 0.929. The third kappa shape index (κ3) is 3.14. The Labute approximate surface area is 133 Å². The first-order valence-electron chi connectivity index (χ1n) is 6.29. The summed E-state index contributed by atoms with van der Waals surface area (Å²) >= 11 is 5.93. The van der Waals surface area contributed by atoms with Gasteiger partial charge in [0.1, 0.15) is 0 Å². The molecule has 0 saturated heterocycles. The number of benzene rings is 2. The smallest absolute Gasteiger partial charge is 0.336 e. The second kappa shape index (κ2) is 6.08. The van der Waals surface area contributed by atoms with Crippen LogP contribution < -0.4 is 0 Å². The Kier molecular flexibility index (Phi) is 4.55. The molecule has 2 aromatic carbocycles. The predicted octanol–water partition coefficient (Wildman–Crippen LogP) is 2.96. The largest absolute Gasteiger partial charge is 0.478 e. The number of carboxylic acid groups (broad SMARTS) is 1. The molecule has 2 aromatic rings. The fraction of sp³-hybridized carbons (Fsp3) is 0.133. The van der Waals surface area contributed by atoms with E-state index in [4.69, 9.17) is 11.6 Å². The van der Waals surface area contributed by atoms with Crippen LogP contribution in [0.2, 0.25) is 5.02 Å². The molecule has 0 atom stereocenters. The first-order valence-corrected chi connectivity index (χ1v) is 8.11. The van der Waals surface area contributed by atoms with E-state index < -0.39 is 16.0 Å². The number of rotatable bonds is 4. The van der Waals surface area contributed by atoms with Crippen LogP contribution in [0.1, 0.15) is 10.4 Å². The van der Waals surface area contributed by atoms with E-state index in [2.05, 4.69) is 0 Å². The monoisotopic (exact) mass is 339 g/mol. The van der Waals surface area contributed by atoms with Crippen molar-refractivity contribution in [3.8, 4) is 11.1 Å². The number of carboxylic acids is 1. The second-order valence-corrected chi connectivity index (χ2v) is 7.40. The van der Waals surface area contributed by atoms with Crippen molar-refractivity contribution in [3.63, 3.8) is 0 Å². The zero-order chi connectivity index (χ0) is 16.5. The number of aromatic carboxylic acids is 1. The maximum absolute atomic E-state index is 12.2. The van der Waals surface area contributed by atoms with Crippen molar-refractivity contribution in [1.82, 2.24) is 4.31 Å². The van der Waals surface area contributed by atoms with Gasteiger partial charge in [-0.25, -0.2) is 17.5 Å². The van der Waals surface area contributed by atoms with Gasteiger partial charge in [-0.3, -0.25) is 0 Å². The molecule has 116 valence electrons. The van der Waals surface area contributed by atoms with E-state index in [0.717, 1.165) is 4.31 Å². The summed E-state index contributed by atoms with van der Waals surface area (Å²) in [7, 11) is -0.729. The standard InChI is InChI=1S/C15H14ClNO4S/c1-17(2)22(20,21)12-5-3-4-10(8-12)14-9-11(16)6-7-13(14)15(18)19/h3-9H,1-2H3,(H,18,19). The molecule has 5 nitrogen and oxygen atoms in total. The summed E-state index contributed by atoms with van der Waals surface area (Å²) in [6.45, 7) is 0.